The lowest BCUT2D eigenvalue weighted by molar-refractivity contribution is -0.135. The van der Waals surface area contributed by atoms with Crippen molar-refractivity contribution in [3.05, 3.63) is 23.3 Å². The highest BCUT2D eigenvalue weighted by Crippen LogP contribution is 2.60. The van der Waals surface area contributed by atoms with Crippen LogP contribution in [0.3, 0.4) is 0 Å². The number of hydrogen-bond acceptors (Lipinski definition) is 3. The van der Waals surface area contributed by atoms with E-state index in [0.29, 0.717) is 23.7 Å². The number of hydrogen-bond donors (Lipinski definition) is 1. The van der Waals surface area contributed by atoms with E-state index in [1.165, 1.54) is 30.9 Å². The molecule has 1 heterocycles. The molecule has 0 amide bonds. The van der Waals surface area contributed by atoms with Crippen molar-refractivity contribution in [3.8, 4) is 0 Å². The van der Waals surface area contributed by atoms with E-state index in [4.69, 9.17) is 4.74 Å². The molecule has 3 nitrogen and oxygen atoms in total. The van der Waals surface area contributed by atoms with Gasteiger partial charge in [0.1, 0.15) is 6.61 Å². The second-order valence-corrected chi connectivity index (χ2v) is 8.72. The zero-order valence-electron chi connectivity index (χ0n) is 14.9. The molecule has 0 spiro atoms. The Balaban J connectivity index is 1.85. The maximum Gasteiger partial charge on any atom is 0.331 e. The van der Waals surface area contributed by atoms with Gasteiger partial charge < -0.3 is 9.84 Å². The summed E-state index contributed by atoms with van der Waals surface area (Å²) >= 11 is 0. The van der Waals surface area contributed by atoms with Gasteiger partial charge in [0.2, 0.25) is 0 Å². The molecule has 3 rings (SSSR count). The smallest absolute Gasteiger partial charge is 0.331 e. The highest BCUT2D eigenvalue weighted by Gasteiger charge is 2.52. The molecule has 3 heteroatoms. The Morgan fingerprint density at radius 3 is 2.74 bits per heavy atom. The minimum atomic E-state index is -0.574. The molecular formula is C20H30O3. The molecule has 0 saturated heterocycles. The minimum absolute atomic E-state index is 0.242. The largest absolute Gasteiger partial charge is 0.458 e. The van der Waals surface area contributed by atoms with E-state index >= 15 is 0 Å². The van der Waals surface area contributed by atoms with Gasteiger partial charge in [-0.3, -0.25) is 0 Å². The van der Waals surface area contributed by atoms with Gasteiger partial charge in [-0.15, -0.1) is 0 Å². The molecular weight excluding hydrogens is 288 g/mol. The lowest BCUT2D eigenvalue weighted by Crippen LogP contribution is -2.49. The van der Waals surface area contributed by atoms with E-state index < -0.39 is 6.10 Å². The third-order valence-corrected chi connectivity index (χ3v) is 6.87. The lowest BCUT2D eigenvalue weighted by atomic mass is 9.48. The molecule has 23 heavy (non-hydrogen) atoms. The predicted molar refractivity (Wildman–Crippen MR) is 90.8 cm³/mol. The number of aliphatic hydroxyl groups is 1. The molecule has 0 bridgehead atoms. The highest BCUT2D eigenvalue weighted by atomic mass is 16.5. The fourth-order valence-corrected chi connectivity index (χ4v) is 5.55. The summed E-state index contributed by atoms with van der Waals surface area (Å²) in [5, 5.41) is 10.6. The van der Waals surface area contributed by atoms with Crippen molar-refractivity contribution < 1.29 is 14.6 Å². The summed E-state index contributed by atoms with van der Waals surface area (Å²) in [6.07, 6.45) is 8.94. The van der Waals surface area contributed by atoms with Crippen LogP contribution in [0.25, 0.3) is 0 Å². The molecule has 128 valence electrons. The first-order chi connectivity index (χ1) is 10.7. The fourth-order valence-electron chi connectivity index (χ4n) is 5.55. The number of ether oxygens (including phenoxy) is 1. The van der Waals surface area contributed by atoms with Gasteiger partial charge >= 0.3 is 5.97 Å². The van der Waals surface area contributed by atoms with Gasteiger partial charge in [0, 0.05) is 11.6 Å². The van der Waals surface area contributed by atoms with E-state index in [-0.39, 0.29) is 18.0 Å². The van der Waals surface area contributed by atoms with E-state index in [1.54, 1.807) is 0 Å². The van der Waals surface area contributed by atoms with E-state index in [9.17, 15) is 9.90 Å². The molecule has 0 aromatic rings. The van der Waals surface area contributed by atoms with Crippen LogP contribution in [-0.2, 0) is 9.53 Å². The van der Waals surface area contributed by atoms with Crippen LogP contribution in [-0.4, -0.2) is 23.8 Å². The Morgan fingerprint density at radius 1 is 1.35 bits per heavy atom. The minimum Gasteiger partial charge on any atom is -0.458 e. The monoisotopic (exact) mass is 318 g/mol. The summed E-state index contributed by atoms with van der Waals surface area (Å²) in [7, 11) is 0. The summed E-state index contributed by atoms with van der Waals surface area (Å²) < 4.78 is 4.96. The van der Waals surface area contributed by atoms with Crippen molar-refractivity contribution in [2.24, 2.45) is 22.7 Å². The van der Waals surface area contributed by atoms with Crippen molar-refractivity contribution in [3.63, 3.8) is 0 Å². The Labute approximate surface area is 139 Å². The van der Waals surface area contributed by atoms with Crippen LogP contribution in [0.1, 0.15) is 59.8 Å². The van der Waals surface area contributed by atoms with Gasteiger partial charge in [0.05, 0.1) is 6.10 Å². The average molecular weight is 318 g/mol. The van der Waals surface area contributed by atoms with Crippen LogP contribution in [0.2, 0.25) is 0 Å². The van der Waals surface area contributed by atoms with Gasteiger partial charge in [-0.05, 0) is 55.3 Å². The third-order valence-electron chi connectivity index (χ3n) is 6.87. The van der Waals surface area contributed by atoms with Crippen LogP contribution < -0.4 is 0 Å². The van der Waals surface area contributed by atoms with Gasteiger partial charge in [0.15, 0.2) is 0 Å². The molecule has 0 unspecified atom stereocenters. The second kappa shape index (κ2) is 5.77. The first kappa shape index (κ1) is 16.8. The molecule has 4 atom stereocenters. The standard InChI is InChI=1S/C20H30O3/c1-13-6-7-17-19(2,3)8-5-9-20(17,4)15(13)11-16(21)14-10-18(22)23-12-14/h6,10,15-17,21H,5,7-9,11-12H2,1-4H3/t15-,16-,17-,20+/m1/s1. The number of fused-ring (bicyclic) bond motifs is 1. The van der Waals surface area contributed by atoms with Crippen molar-refractivity contribution in [1.82, 2.24) is 0 Å². The summed E-state index contributed by atoms with van der Waals surface area (Å²) in [5.41, 5.74) is 2.75. The molecule has 2 aliphatic carbocycles. The number of cyclic esters (lactones) is 1. The first-order valence-electron chi connectivity index (χ1n) is 8.96. The molecule has 1 aliphatic heterocycles. The Bertz CT molecular complexity index is 557. The van der Waals surface area contributed by atoms with Crippen LogP contribution in [0, 0.1) is 22.7 Å². The number of aliphatic hydroxyl groups excluding tert-OH is 1. The van der Waals surface area contributed by atoms with Gasteiger partial charge in [-0.25, -0.2) is 4.79 Å². The highest BCUT2D eigenvalue weighted by molar-refractivity contribution is 5.85. The zero-order valence-corrected chi connectivity index (χ0v) is 14.9. The fraction of sp³-hybridized carbons (Fsp3) is 0.750. The van der Waals surface area contributed by atoms with Crippen LogP contribution in [0.5, 0.6) is 0 Å². The molecule has 1 N–H and O–H groups in total. The quantitative estimate of drug-likeness (QED) is 0.631. The Kier molecular flexibility index (Phi) is 4.20. The normalized spacial score (nSPS) is 37.5. The average Bonchev–Trinajstić information content (AvgIpc) is 2.88. The van der Waals surface area contributed by atoms with E-state index in [2.05, 4.69) is 33.8 Å². The maximum atomic E-state index is 11.3. The Morgan fingerprint density at radius 2 is 2.09 bits per heavy atom. The number of esters is 1. The molecule has 0 aromatic heterocycles. The zero-order chi connectivity index (χ0) is 16.8. The maximum absolute atomic E-state index is 11.3. The predicted octanol–water partition coefficient (Wildman–Crippen LogP) is 4.02. The number of rotatable bonds is 3. The number of carbonyl (C=O) groups is 1. The van der Waals surface area contributed by atoms with Gasteiger partial charge in [-0.2, -0.15) is 0 Å². The van der Waals surface area contributed by atoms with Gasteiger partial charge in [0.25, 0.3) is 0 Å². The summed E-state index contributed by atoms with van der Waals surface area (Å²) in [4.78, 5) is 11.3. The summed E-state index contributed by atoms with van der Waals surface area (Å²) in [6.45, 7) is 9.70. The second-order valence-electron chi connectivity index (χ2n) is 8.72. The molecule has 0 aromatic carbocycles. The van der Waals surface area contributed by atoms with E-state index in [0.717, 1.165) is 12.0 Å². The Hall–Kier alpha value is -1.09. The molecule has 1 fully saturated rings. The van der Waals surface area contributed by atoms with Crippen LogP contribution >= 0.6 is 0 Å². The van der Waals surface area contributed by atoms with Crippen molar-refractivity contribution in [2.45, 2.75) is 65.9 Å². The third kappa shape index (κ3) is 2.88. The van der Waals surface area contributed by atoms with Gasteiger partial charge in [-0.1, -0.05) is 38.8 Å². The summed E-state index contributed by atoms with van der Waals surface area (Å²) in [5.74, 6) is 0.727. The lowest BCUT2D eigenvalue weighted by Gasteiger charge is -2.57. The molecule has 0 radical (unpaired) electrons. The number of carbonyl (C=O) groups excluding carboxylic acids is 1. The van der Waals surface area contributed by atoms with Crippen molar-refractivity contribution in [2.75, 3.05) is 6.61 Å². The van der Waals surface area contributed by atoms with E-state index in [1.807, 2.05) is 0 Å². The van der Waals surface area contributed by atoms with Crippen molar-refractivity contribution in [1.29, 1.82) is 0 Å². The van der Waals surface area contributed by atoms with Crippen LogP contribution in [0.4, 0.5) is 0 Å². The molecule has 1 saturated carbocycles. The van der Waals surface area contributed by atoms with Crippen LogP contribution in [0.15, 0.2) is 23.3 Å². The number of allylic oxidation sites excluding steroid dienone is 2. The topological polar surface area (TPSA) is 46.5 Å². The van der Waals surface area contributed by atoms with Crippen molar-refractivity contribution >= 4 is 5.97 Å². The SMILES string of the molecule is CC1=CC[C@@H]2C(C)(C)CCC[C@@]2(C)[C@@H]1C[C@@H](O)C1=CC(=O)OC1. The molecule has 3 aliphatic rings. The summed E-state index contributed by atoms with van der Waals surface area (Å²) in [6, 6.07) is 0. The first-order valence-corrected chi connectivity index (χ1v) is 8.96.